The van der Waals surface area contributed by atoms with Crippen molar-refractivity contribution < 1.29 is 9.84 Å². The van der Waals surface area contributed by atoms with E-state index in [1.54, 1.807) is 36.5 Å². The first-order valence-electron chi connectivity index (χ1n) is 10.2. The van der Waals surface area contributed by atoms with Crippen molar-refractivity contribution >= 4 is 22.7 Å². The summed E-state index contributed by atoms with van der Waals surface area (Å²) in [5, 5.41) is 12.3. The second-order valence-corrected chi connectivity index (χ2v) is 7.40. The zero-order chi connectivity index (χ0) is 22.0. The lowest BCUT2D eigenvalue weighted by Crippen LogP contribution is -2.20. The molecule has 5 nitrogen and oxygen atoms in total. The fourth-order valence-corrected chi connectivity index (χ4v) is 3.67. The Morgan fingerprint density at radius 1 is 1.00 bits per heavy atom. The van der Waals surface area contributed by atoms with E-state index >= 15 is 0 Å². The van der Waals surface area contributed by atoms with E-state index in [4.69, 9.17) is 4.74 Å². The number of hydrogen-bond donors (Lipinski definition) is 1. The van der Waals surface area contributed by atoms with Gasteiger partial charge in [-0.1, -0.05) is 35.9 Å². The SMILES string of the molecule is CCOc1ccc(-n2c(O)c(C=Nc3ccc(C)cc3C)c3ccccc3c2=O)cc1. The van der Waals surface area contributed by atoms with Crippen LogP contribution in [0.4, 0.5) is 5.69 Å². The quantitative estimate of drug-likeness (QED) is 0.443. The molecule has 0 bridgehead atoms. The molecular weight excluding hydrogens is 388 g/mol. The number of aromatic hydroxyl groups is 1. The van der Waals surface area contributed by atoms with Crippen LogP contribution in [-0.4, -0.2) is 22.5 Å². The molecule has 1 heterocycles. The Morgan fingerprint density at radius 3 is 2.39 bits per heavy atom. The van der Waals surface area contributed by atoms with E-state index in [0.717, 1.165) is 16.8 Å². The van der Waals surface area contributed by atoms with Crippen LogP contribution < -0.4 is 10.3 Å². The number of pyridine rings is 1. The second kappa shape index (κ2) is 8.48. The van der Waals surface area contributed by atoms with Crippen molar-refractivity contribution in [1.29, 1.82) is 0 Å². The van der Waals surface area contributed by atoms with Crippen molar-refractivity contribution in [2.75, 3.05) is 6.61 Å². The van der Waals surface area contributed by atoms with E-state index in [0.29, 0.717) is 34.4 Å². The van der Waals surface area contributed by atoms with Crippen molar-refractivity contribution in [2.24, 2.45) is 4.99 Å². The molecule has 0 aliphatic heterocycles. The fraction of sp³-hybridized carbons (Fsp3) is 0.154. The molecule has 1 aromatic heterocycles. The third-order valence-electron chi connectivity index (χ3n) is 5.19. The van der Waals surface area contributed by atoms with Crippen LogP contribution in [0.15, 0.2) is 76.5 Å². The van der Waals surface area contributed by atoms with Gasteiger partial charge in [0.15, 0.2) is 0 Å². The largest absolute Gasteiger partial charge is 0.494 e. The maximum absolute atomic E-state index is 13.2. The molecule has 3 aromatic carbocycles. The highest BCUT2D eigenvalue weighted by Gasteiger charge is 2.16. The number of aromatic nitrogens is 1. The van der Waals surface area contributed by atoms with Crippen molar-refractivity contribution in [3.63, 3.8) is 0 Å². The van der Waals surface area contributed by atoms with Crippen LogP contribution >= 0.6 is 0 Å². The standard InChI is InChI=1S/C26H24N2O3/c1-4-31-20-12-10-19(11-13-20)28-25(29)22-8-6-5-7-21(22)23(26(28)30)16-27-24-14-9-17(2)15-18(24)3/h5-16,30H,4H2,1-3H3. The molecule has 0 fully saturated rings. The average molecular weight is 412 g/mol. The van der Waals surface area contributed by atoms with Crippen molar-refractivity contribution in [2.45, 2.75) is 20.8 Å². The molecular formula is C26H24N2O3. The molecule has 0 unspecified atom stereocenters. The van der Waals surface area contributed by atoms with Crippen molar-refractivity contribution in [1.82, 2.24) is 4.57 Å². The summed E-state index contributed by atoms with van der Waals surface area (Å²) < 4.78 is 6.79. The molecule has 1 N–H and O–H groups in total. The molecule has 0 saturated heterocycles. The first-order valence-corrected chi connectivity index (χ1v) is 10.2. The predicted molar refractivity (Wildman–Crippen MR) is 126 cm³/mol. The van der Waals surface area contributed by atoms with Crippen LogP contribution in [0, 0.1) is 13.8 Å². The molecule has 0 radical (unpaired) electrons. The smallest absolute Gasteiger partial charge is 0.265 e. The molecule has 5 heteroatoms. The molecule has 0 aliphatic rings. The predicted octanol–water partition coefficient (Wildman–Crippen LogP) is 5.46. The molecule has 156 valence electrons. The van der Waals surface area contributed by atoms with Gasteiger partial charge >= 0.3 is 0 Å². The van der Waals surface area contributed by atoms with Crippen LogP contribution in [0.3, 0.4) is 0 Å². The maximum Gasteiger partial charge on any atom is 0.265 e. The Bertz CT molecular complexity index is 1340. The van der Waals surface area contributed by atoms with Crippen molar-refractivity contribution in [3.05, 3.63) is 93.8 Å². The third kappa shape index (κ3) is 3.94. The molecule has 0 amide bonds. The Labute approximate surface area is 180 Å². The van der Waals surface area contributed by atoms with Gasteiger partial charge in [-0.05, 0) is 62.7 Å². The average Bonchev–Trinajstić information content (AvgIpc) is 2.76. The molecule has 4 aromatic rings. The lowest BCUT2D eigenvalue weighted by Gasteiger charge is -2.14. The van der Waals surface area contributed by atoms with Gasteiger partial charge < -0.3 is 9.84 Å². The monoisotopic (exact) mass is 412 g/mol. The lowest BCUT2D eigenvalue weighted by atomic mass is 10.1. The summed E-state index contributed by atoms with van der Waals surface area (Å²) in [7, 11) is 0. The first-order chi connectivity index (χ1) is 15.0. The Hall–Kier alpha value is -3.86. The number of benzene rings is 3. The molecule has 0 atom stereocenters. The van der Waals surface area contributed by atoms with Gasteiger partial charge in [0.2, 0.25) is 5.88 Å². The third-order valence-corrected chi connectivity index (χ3v) is 5.19. The number of ether oxygens (including phenoxy) is 1. The number of nitrogens with zero attached hydrogens (tertiary/aromatic N) is 2. The number of aliphatic imine (C=N–C) groups is 1. The number of rotatable bonds is 5. The maximum atomic E-state index is 13.2. The van der Waals surface area contributed by atoms with E-state index in [1.807, 2.05) is 51.1 Å². The summed E-state index contributed by atoms with van der Waals surface area (Å²) >= 11 is 0. The Balaban J connectivity index is 1.91. The van der Waals surface area contributed by atoms with Crippen LogP contribution in [0.25, 0.3) is 16.5 Å². The Kier molecular flexibility index (Phi) is 5.58. The summed E-state index contributed by atoms with van der Waals surface area (Å²) in [5.74, 6) is 0.553. The molecule has 0 saturated carbocycles. The molecule has 4 rings (SSSR count). The summed E-state index contributed by atoms with van der Waals surface area (Å²) in [6, 6.07) is 20.3. The van der Waals surface area contributed by atoms with Gasteiger partial charge in [-0.15, -0.1) is 0 Å². The molecule has 0 aliphatic carbocycles. The molecule has 31 heavy (non-hydrogen) atoms. The second-order valence-electron chi connectivity index (χ2n) is 7.40. The summed E-state index contributed by atoms with van der Waals surface area (Å²) in [6.07, 6.45) is 1.62. The van der Waals surface area contributed by atoms with Crippen LogP contribution in [0.5, 0.6) is 11.6 Å². The van der Waals surface area contributed by atoms with Crippen LogP contribution in [-0.2, 0) is 0 Å². The van der Waals surface area contributed by atoms with E-state index in [2.05, 4.69) is 11.1 Å². The van der Waals surface area contributed by atoms with Crippen LogP contribution in [0.1, 0.15) is 23.6 Å². The van der Waals surface area contributed by atoms with E-state index in [-0.39, 0.29) is 11.4 Å². The highest BCUT2D eigenvalue weighted by molar-refractivity contribution is 6.02. The minimum Gasteiger partial charge on any atom is -0.494 e. The fourth-order valence-electron chi connectivity index (χ4n) is 3.67. The van der Waals surface area contributed by atoms with Gasteiger partial charge in [0.1, 0.15) is 5.75 Å². The number of aryl methyl sites for hydroxylation is 2. The number of hydrogen-bond acceptors (Lipinski definition) is 4. The molecule has 0 spiro atoms. The number of fused-ring (bicyclic) bond motifs is 1. The van der Waals surface area contributed by atoms with Gasteiger partial charge in [-0.25, -0.2) is 4.57 Å². The van der Waals surface area contributed by atoms with Crippen molar-refractivity contribution in [3.8, 4) is 17.3 Å². The van der Waals surface area contributed by atoms with Gasteiger partial charge in [-0.2, -0.15) is 0 Å². The summed E-state index contributed by atoms with van der Waals surface area (Å²) in [5.41, 5.74) is 3.77. The minimum absolute atomic E-state index is 0.152. The highest BCUT2D eigenvalue weighted by atomic mass is 16.5. The minimum atomic E-state index is -0.291. The van der Waals surface area contributed by atoms with E-state index in [9.17, 15) is 9.90 Å². The summed E-state index contributed by atoms with van der Waals surface area (Å²) in [4.78, 5) is 17.8. The summed E-state index contributed by atoms with van der Waals surface area (Å²) in [6.45, 7) is 6.50. The van der Waals surface area contributed by atoms with E-state index < -0.39 is 0 Å². The van der Waals surface area contributed by atoms with E-state index in [1.165, 1.54) is 4.57 Å². The zero-order valence-electron chi connectivity index (χ0n) is 17.8. The van der Waals surface area contributed by atoms with Gasteiger partial charge in [0, 0.05) is 17.0 Å². The highest BCUT2D eigenvalue weighted by Crippen LogP contribution is 2.28. The normalized spacial score (nSPS) is 11.3. The lowest BCUT2D eigenvalue weighted by molar-refractivity contribution is 0.340. The zero-order valence-corrected chi connectivity index (χ0v) is 17.8. The van der Waals surface area contributed by atoms with Gasteiger partial charge in [0.05, 0.1) is 23.5 Å². The van der Waals surface area contributed by atoms with Gasteiger partial charge in [-0.3, -0.25) is 9.79 Å². The topological polar surface area (TPSA) is 63.8 Å². The Morgan fingerprint density at radius 2 is 1.71 bits per heavy atom. The first kappa shape index (κ1) is 20.4. The van der Waals surface area contributed by atoms with Gasteiger partial charge in [0.25, 0.3) is 5.56 Å². The van der Waals surface area contributed by atoms with Crippen LogP contribution in [0.2, 0.25) is 0 Å².